The van der Waals surface area contributed by atoms with E-state index in [0.717, 1.165) is 17.7 Å². The van der Waals surface area contributed by atoms with Gasteiger partial charge in [-0.05, 0) is 43.2 Å². The normalized spacial score (nSPS) is 14.2. The lowest BCUT2D eigenvalue weighted by atomic mass is 10.1. The number of nitrogens with zero attached hydrogens (tertiary/aromatic N) is 2. The van der Waals surface area contributed by atoms with Gasteiger partial charge < -0.3 is 19.7 Å². The van der Waals surface area contributed by atoms with Crippen molar-refractivity contribution in [3.63, 3.8) is 0 Å². The highest BCUT2D eigenvalue weighted by molar-refractivity contribution is 5.95. The van der Waals surface area contributed by atoms with E-state index in [0.29, 0.717) is 56.4 Å². The second-order valence-electron chi connectivity index (χ2n) is 7.43. The molecule has 1 aliphatic heterocycles. The van der Waals surface area contributed by atoms with Crippen molar-refractivity contribution in [3.8, 4) is 11.5 Å². The van der Waals surface area contributed by atoms with Crippen molar-refractivity contribution in [3.05, 3.63) is 53.6 Å². The van der Waals surface area contributed by atoms with E-state index in [1.807, 2.05) is 36.1 Å². The van der Waals surface area contributed by atoms with Crippen molar-refractivity contribution < 1.29 is 19.1 Å². The Balaban J connectivity index is 1.53. The third-order valence-corrected chi connectivity index (χ3v) is 5.41. The van der Waals surface area contributed by atoms with Gasteiger partial charge in [0.2, 0.25) is 5.91 Å². The van der Waals surface area contributed by atoms with E-state index in [-0.39, 0.29) is 11.8 Å². The first-order valence-electron chi connectivity index (χ1n) is 10.8. The minimum absolute atomic E-state index is 0.0306. The van der Waals surface area contributed by atoms with Gasteiger partial charge in [-0.25, -0.2) is 0 Å². The predicted molar refractivity (Wildman–Crippen MR) is 121 cm³/mol. The van der Waals surface area contributed by atoms with Crippen LogP contribution in [-0.4, -0.2) is 68.1 Å². The minimum Gasteiger partial charge on any atom is -0.493 e. The third kappa shape index (κ3) is 5.76. The van der Waals surface area contributed by atoms with Crippen molar-refractivity contribution in [1.29, 1.82) is 0 Å². The fourth-order valence-corrected chi connectivity index (χ4v) is 3.71. The van der Waals surface area contributed by atoms with Crippen molar-refractivity contribution in [1.82, 2.24) is 9.80 Å². The lowest BCUT2D eigenvalue weighted by Gasteiger charge is -2.34. The maximum atomic E-state index is 12.9. The van der Waals surface area contributed by atoms with Crippen LogP contribution >= 0.6 is 0 Å². The lowest BCUT2D eigenvalue weighted by molar-refractivity contribution is -0.117. The molecule has 0 bridgehead atoms. The number of amides is 2. The van der Waals surface area contributed by atoms with Crippen LogP contribution in [-0.2, 0) is 11.2 Å². The Kier molecular flexibility index (Phi) is 7.89. The van der Waals surface area contributed by atoms with Gasteiger partial charge in [0.1, 0.15) is 0 Å². The molecule has 0 spiro atoms. The van der Waals surface area contributed by atoms with Crippen LogP contribution < -0.4 is 14.8 Å². The minimum atomic E-state index is -0.0395. The number of rotatable bonds is 8. The summed E-state index contributed by atoms with van der Waals surface area (Å²) < 4.78 is 10.9. The Morgan fingerprint density at radius 1 is 1.00 bits per heavy atom. The summed E-state index contributed by atoms with van der Waals surface area (Å²) in [5, 5.41) is 3.01. The average Bonchev–Trinajstić information content (AvgIpc) is 2.80. The van der Waals surface area contributed by atoms with Gasteiger partial charge in [-0.3, -0.25) is 14.5 Å². The number of ether oxygens (including phenoxy) is 2. The maximum absolute atomic E-state index is 12.9. The SMILES string of the molecule is CCOc1ccc(C(=O)N2CCN(CC(=O)Nc3ccccc3CC)CC2)cc1OC. The molecule has 7 heteroatoms. The molecule has 166 valence electrons. The zero-order chi connectivity index (χ0) is 22.2. The van der Waals surface area contributed by atoms with Crippen molar-refractivity contribution in [2.24, 2.45) is 0 Å². The van der Waals surface area contributed by atoms with Gasteiger partial charge in [-0.1, -0.05) is 25.1 Å². The third-order valence-electron chi connectivity index (χ3n) is 5.41. The van der Waals surface area contributed by atoms with Crippen molar-refractivity contribution >= 4 is 17.5 Å². The molecule has 31 heavy (non-hydrogen) atoms. The summed E-state index contributed by atoms with van der Waals surface area (Å²) >= 11 is 0. The van der Waals surface area contributed by atoms with Gasteiger partial charge in [-0.2, -0.15) is 0 Å². The zero-order valence-electron chi connectivity index (χ0n) is 18.5. The number of carbonyl (C=O) groups excluding carboxylic acids is 2. The molecular formula is C24H31N3O4. The van der Waals surface area contributed by atoms with E-state index in [1.54, 1.807) is 25.3 Å². The highest BCUT2D eigenvalue weighted by Gasteiger charge is 2.24. The smallest absolute Gasteiger partial charge is 0.254 e. The van der Waals surface area contributed by atoms with Gasteiger partial charge in [0.25, 0.3) is 5.91 Å². The highest BCUT2D eigenvalue weighted by Crippen LogP contribution is 2.28. The number of carbonyl (C=O) groups is 2. The van der Waals surface area contributed by atoms with E-state index < -0.39 is 0 Å². The molecule has 1 heterocycles. The second-order valence-corrected chi connectivity index (χ2v) is 7.43. The van der Waals surface area contributed by atoms with Crippen molar-refractivity contribution in [2.75, 3.05) is 51.8 Å². The summed E-state index contributed by atoms with van der Waals surface area (Å²) in [6.07, 6.45) is 0.869. The maximum Gasteiger partial charge on any atom is 0.254 e. The summed E-state index contributed by atoms with van der Waals surface area (Å²) in [6.45, 7) is 7.29. The van der Waals surface area contributed by atoms with Gasteiger partial charge in [0.05, 0.1) is 20.3 Å². The average molecular weight is 426 g/mol. The number of nitrogens with one attached hydrogen (secondary N) is 1. The summed E-state index contributed by atoms with van der Waals surface area (Å²) in [5.74, 6) is 1.11. The quantitative estimate of drug-likeness (QED) is 0.704. The Morgan fingerprint density at radius 2 is 1.74 bits per heavy atom. The van der Waals surface area contributed by atoms with Crippen LogP contribution in [0.3, 0.4) is 0 Å². The van der Waals surface area contributed by atoms with Crippen LogP contribution in [0.25, 0.3) is 0 Å². The highest BCUT2D eigenvalue weighted by atomic mass is 16.5. The van der Waals surface area contributed by atoms with Gasteiger partial charge in [0.15, 0.2) is 11.5 Å². The van der Waals surface area contributed by atoms with Gasteiger partial charge in [0, 0.05) is 37.4 Å². The molecule has 3 rings (SSSR count). The molecule has 0 unspecified atom stereocenters. The summed E-state index contributed by atoms with van der Waals surface area (Å²) in [7, 11) is 1.56. The molecule has 0 aliphatic carbocycles. The Labute approximate surface area is 183 Å². The standard InChI is InChI=1S/C24H31N3O4/c1-4-18-8-6-7-9-20(18)25-23(28)17-26-12-14-27(15-13-26)24(29)19-10-11-21(31-5-2)22(16-19)30-3/h6-11,16H,4-5,12-15,17H2,1-3H3,(H,25,28). The molecule has 0 saturated carbocycles. The Bertz CT molecular complexity index is 907. The van der Waals surface area contributed by atoms with Crippen LogP contribution in [0.1, 0.15) is 29.8 Å². The topological polar surface area (TPSA) is 71.1 Å². The fraction of sp³-hybridized carbons (Fsp3) is 0.417. The largest absolute Gasteiger partial charge is 0.493 e. The van der Waals surface area contributed by atoms with E-state index in [1.165, 1.54) is 0 Å². The van der Waals surface area contributed by atoms with E-state index >= 15 is 0 Å². The second kappa shape index (κ2) is 10.8. The monoisotopic (exact) mass is 425 g/mol. The van der Waals surface area contributed by atoms with Crippen molar-refractivity contribution in [2.45, 2.75) is 20.3 Å². The van der Waals surface area contributed by atoms with Gasteiger partial charge in [-0.15, -0.1) is 0 Å². The Morgan fingerprint density at radius 3 is 2.42 bits per heavy atom. The predicted octanol–water partition coefficient (Wildman–Crippen LogP) is 3.05. The molecular weight excluding hydrogens is 394 g/mol. The molecule has 0 atom stereocenters. The number of methoxy groups -OCH3 is 1. The molecule has 1 N–H and O–H groups in total. The molecule has 1 fully saturated rings. The number of aryl methyl sites for hydroxylation is 1. The number of anilines is 1. The Hall–Kier alpha value is -3.06. The molecule has 2 amide bonds. The van der Waals surface area contributed by atoms with E-state index in [9.17, 15) is 9.59 Å². The van der Waals surface area contributed by atoms with Crippen LogP contribution in [0, 0.1) is 0 Å². The number of hydrogen-bond donors (Lipinski definition) is 1. The number of piperazine rings is 1. The van der Waals surface area contributed by atoms with Crippen LogP contribution in [0.4, 0.5) is 5.69 Å². The number of benzene rings is 2. The summed E-state index contributed by atoms with van der Waals surface area (Å²) in [6, 6.07) is 13.1. The summed E-state index contributed by atoms with van der Waals surface area (Å²) in [4.78, 5) is 29.3. The zero-order valence-corrected chi connectivity index (χ0v) is 18.5. The van der Waals surface area contributed by atoms with Crippen LogP contribution in [0.2, 0.25) is 0 Å². The molecule has 0 aromatic heterocycles. The number of para-hydroxylation sites is 1. The molecule has 1 aliphatic rings. The van der Waals surface area contributed by atoms with Gasteiger partial charge >= 0.3 is 0 Å². The van der Waals surface area contributed by atoms with E-state index in [4.69, 9.17) is 9.47 Å². The first kappa shape index (κ1) is 22.6. The number of hydrogen-bond acceptors (Lipinski definition) is 5. The molecule has 0 radical (unpaired) electrons. The van der Waals surface area contributed by atoms with Crippen LogP contribution in [0.15, 0.2) is 42.5 Å². The molecule has 2 aromatic carbocycles. The first-order valence-corrected chi connectivity index (χ1v) is 10.8. The van der Waals surface area contributed by atoms with E-state index in [2.05, 4.69) is 17.1 Å². The molecule has 2 aromatic rings. The molecule has 1 saturated heterocycles. The van der Waals surface area contributed by atoms with Crippen LogP contribution in [0.5, 0.6) is 11.5 Å². The fourth-order valence-electron chi connectivity index (χ4n) is 3.71. The lowest BCUT2D eigenvalue weighted by Crippen LogP contribution is -2.50. The summed E-state index contributed by atoms with van der Waals surface area (Å²) in [5.41, 5.74) is 2.56. The molecule has 7 nitrogen and oxygen atoms in total. The first-order chi connectivity index (χ1) is 15.0.